The Kier molecular flexibility index (Phi) is 5.89. The molecule has 1 fully saturated rings. The fourth-order valence-corrected chi connectivity index (χ4v) is 3.71. The number of aliphatic imine (C=N–C) groups is 2. The Morgan fingerprint density at radius 2 is 2.30 bits per heavy atom. The van der Waals surface area contributed by atoms with Gasteiger partial charge in [0.2, 0.25) is 12.2 Å². The standard InChI is InChI=1S/C14H12BrFN8O2S/c15-9-3-7(1-2-10(9)16)20-12(21-25)11-13(23-26-22-11)27-8-4-24(5-8)14(18)19-6-17/h1-3,8,25H,4-5H2,(H2,18,19)(H,20,21). The van der Waals surface area contributed by atoms with E-state index in [1.54, 1.807) is 11.1 Å². The number of benzene rings is 1. The van der Waals surface area contributed by atoms with E-state index in [-0.39, 0.29) is 27.2 Å². The van der Waals surface area contributed by atoms with Crippen LogP contribution in [-0.2, 0) is 0 Å². The zero-order valence-corrected chi connectivity index (χ0v) is 15.9. The Balaban J connectivity index is 1.74. The van der Waals surface area contributed by atoms with E-state index in [0.29, 0.717) is 23.8 Å². The SMILES string of the molecule is N#CN=C(N)N1CC(Sc2nonc2C(=Nc2ccc(F)c(Br)c2)NO)C1. The first kappa shape index (κ1) is 19.1. The van der Waals surface area contributed by atoms with Gasteiger partial charge in [-0.3, -0.25) is 10.7 Å². The number of hydroxylamine groups is 1. The van der Waals surface area contributed by atoms with Crippen molar-refractivity contribution in [2.45, 2.75) is 10.3 Å². The number of amidine groups is 1. The van der Waals surface area contributed by atoms with E-state index < -0.39 is 5.82 Å². The van der Waals surface area contributed by atoms with Crippen LogP contribution in [0.1, 0.15) is 5.69 Å². The van der Waals surface area contributed by atoms with Crippen LogP contribution < -0.4 is 11.2 Å². The monoisotopic (exact) mass is 454 g/mol. The molecule has 1 saturated heterocycles. The quantitative estimate of drug-likeness (QED) is 0.270. The van der Waals surface area contributed by atoms with Crippen LogP contribution in [0.4, 0.5) is 10.1 Å². The van der Waals surface area contributed by atoms with Crippen LogP contribution in [0.25, 0.3) is 0 Å². The number of aromatic nitrogens is 2. The summed E-state index contributed by atoms with van der Waals surface area (Å²) in [5.74, 6) is -0.270. The lowest BCUT2D eigenvalue weighted by molar-refractivity contribution is 0.234. The highest BCUT2D eigenvalue weighted by atomic mass is 79.9. The van der Waals surface area contributed by atoms with Crippen LogP contribution in [0.15, 0.2) is 42.3 Å². The Bertz CT molecular complexity index is 937. The van der Waals surface area contributed by atoms with Gasteiger partial charge in [-0.1, -0.05) is 11.8 Å². The van der Waals surface area contributed by atoms with Gasteiger partial charge in [0, 0.05) is 18.3 Å². The molecule has 1 aliphatic rings. The third kappa shape index (κ3) is 4.35. The summed E-state index contributed by atoms with van der Waals surface area (Å²) >= 11 is 4.44. The number of nitrogens with zero attached hydrogens (tertiary/aromatic N) is 6. The summed E-state index contributed by atoms with van der Waals surface area (Å²) in [6, 6.07) is 4.14. The summed E-state index contributed by atoms with van der Waals surface area (Å²) in [5, 5.41) is 26.1. The number of hydrogen-bond donors (Lipinski definition) is 3. The summed E-state index contributed by atoms with van der Waals surface area (Å²) in [5.41, 5.74) is 8.19. The molecule has 4 N–H and O–H groups in total. The molecule has 0 unspecified atom stereocenters. The number of nitriles is 1. The van der Waals surface area contributed by atoms with Gasteiger partial charge in [0.15, 0.2) is 16.6 Å². The lowest BCUT2D eigenvalue weighted by Gasteiger charge is -2.38. The molecule has 0 saturated carbocycles. The van der Waals surface area contributed by atoms with Crippen molar-refractivity contribution in [3.05, 3.63) is 34.2 Å². The fourth-order valence-electron chi connectivity index (χ4n) is 2.20. The minimum atomic E-state index is -0.430. The van der Waals surface area contributed by atoms with Crippen molar-refractivity contribution in [1.82, 2.24) is 20.7 Å². The summed E-state index contributed by atoms with van der Waals surface area (Å²) in [7, 11) is 0. The van der Waals surface area contributed by atoms with Gasteiger partial charge in [-0.05, 0) is 44.4 Å². The van der Waals surface area contributed by atoms with E-state index in [4.69, 9.17) is 15.6 Å². The molecule has 1 aromatic heterocycles. The molecule has 0 aliphatic carbocycles. The largest absolute Gasteiger partial charge is 0.369 e. The van der Waals surface area contributed by atoms with Crippen molar-refractivity contribution in [3.63, 3.8) is 0 Å². The number of thioether (sulfide) groups is 1. The van der Waals surface area contributed by atoms with E-state index in [9.17, 15) is 9.60 Å². The molecule has 10 nitrogen and oxygen atoms in total. The van der Waals surface area contributed by atoms with Crippen LogP contribution in [-0.4, -0.2) is 50.6 Å². The lowest BCUT2D eigenvalue weighted by atomic mass is 10.2. The molecule has 1 aliphatic heterocycles. The molecule has 1 aromatic carbocycles. The van der Waals surface area contributed by atoms with Crippen LogP contribution in [0.3, 0.4) is 0 Å². The second-order valence-electron chi connectivity index (χ2n) is 5.30. The van der Waals surface area contributed by atoms with Crippen LogP contribution >= 0.6 is 27.7 Å². The smallest absolute Gasteiger partial charge is 0.209 e. The Morgan fingerprint density at radius 1 is 1.52 bits per heavy atom. The van der Waals surface area contributed by atoms with Gasteiger partial charge in [0.05, 0.1) is 10.2 Å². The zero-order chi connectivity index (χ0) is 19.4. The highest BCUT2D eigenvalue weighted by molar-refractivity contribution is 9.10. The van der Waals surface area contributed by atoms with E-state index in [2.05, 4.69) is 36.2 Å². The van der Waals surface area contributed by atoms with Crippen molar-refractivity contribution in [3.8, 4) is 6.19 Å². The average molecular weight is 455 g/mol. The van der Waals surface area contributed by atoms with Crippen molar-refractivity contribution in [1.29, 1.82) is 5.26 Å². The van der Waals surface area contributed by atoms with E-state index >= 15 is 0 Å². The van der Waals surface area contributed by atoms with Crippen LogP contribution in [0, 0.1) is 17.3 Å². The van der Waals surface area contributed by atoms with Gasteiger partial charge in [0.1, 0.15) is 5.82 Å². The first-order valence-corrected chi connectivity index (χ1v) is 9.09. The maximum atomic E-state index is 13.3. The highest BCUT2D eigenvalue weighted by Crippen LogP contribution is 2.31. The second kappa shape index (κ2) is 8.33. The molecule has 0 bridgehead atoms. The van der Waals surface area contributed by atoms with E-state index in [1.165, 1.54) is 30.0 Å². The zero-order valence-electron chi connectivity index (χ0n) is 13.5. The molecule has 0 atom stereocenters. The maximum Gasteiger partial charge on any atom is 0.209 e. The topological polar surface area (TPSA) is 149 Å². The predicted octanol–water partition coefficient (Wildman–Crippen LogP) is 1.60. The highest BCUT2D eigenvalue weighted by Gasteiger charge is 2.32. The number of guanidine groups is 1. The van der Waals surface area contributed by atoms with Gasteiger partial charge in [-0.2, -0.15) is 5.26 Å². The Labute approximate surface area is 165 Å². The number of hydrogen-bond acceptors (Lipinski definition) is 8. The third-order valence-electron chi connectivity index (χ3n) is 3.55. The van der Waals surface area contributed by atoms with E-state index in [0.717, 1.165) is 0 Å². The molecule has 0 spiro atoms. The van der Waals surface area contributed by atoms with Crippen LogP contribution in [0.2, 0.25) is 0 Å². The van der Waals surface area contributed by atoms with Crippen molar-refractivity contribution in [2.24, 2.45) is 15.7 Å². The minimum Gasteiger partial charge on any atom is -0.369 e. The molecule has 140 valence electrons. The Morgan fingerprint density at radius 3 is 2.96 bits per heavy atom. The molecule has 0 radical (unpaired) electrons. The number of rotatable bonds is 4. The molecule has 2 aromatic rings. The summed E-state index contributed by atoms with van der Waals surface area (Å²) in [4.78, 5) is 9.41. The van der Waals surface area contributed by atoms with Crippen molar-refractivity contribution >= 4 is 45.2 Å². The third-order valence-corrected chi connectivity index (χ3v) is 5.28. The minimum absolute atomic E-state index is 0.000931. The second-order valence-corrected chi connectivity index (χ2v) is 7.45. The molecule has 2 heterocycles. The predicted molar refractivity (Wildman–Crippen MR) is 98.0 cm³/mol. The normalized spacial score (nSPS) is 15.4. The Hall–Kier alpha value is -2.69. The van der Waals surface area contributed by atoms with Gasteiger partial charge < -0.3 is 10.6 Å². The fraction of sp³-hybridized carbons (Fsp3) is 0.214. The van der Waals surface area contributed by atoms with E-state index in [1.807, 2.05) is 5.48 Å². The molecule has 3 rings (SSSR count). The molecule has 13 heteroatoms. The van der Waals surface area contributed by atoms with Crippen molar-refractivity contribution < 1.29 is 14.2 Å². The summed E-state index contributed by atoms with van der Waals surface area (Å²) in [6.45, 7) is 1.13. The first-order chi connectivity index (χ1) is 13.0. The van der Waals surface area contributed by atoms with Gasteiger partial charge in [-0.25, -0.2) is 14.0 Å². The average Bonchev–Trinajstić information content (AvgIpc) is 3.07. The first-order valence-electron chi connectivity index (χ1n) is 7.42. The van der Waals surface area contributed by atoms with Gasteiger partial charge in [0.25, 0.3) is 0 Å². The number of halogens is 2. The number of nitrogens with two attached hydrogens (primary N) is 1. The number of likely N-dealkylation sites (tertiary alicyclic amines) is 1. The summed E-state index contributed by atoms with van der Waals surface area (Å²) < 4.78 is 18.3. The molecule has 27 heavy (non-hydrogen) atoms. The van der Waals surface area contributed by atoms with Gasteiger partial charge in [-0.15, -0.1) is 4.99 Å². The molecule has 0 amide bonds. The van der Waals surface area contributed by atoms with Gasteiger partial charge >= 0.3 is 0 Å². The summed E-state index contributed by atoms with van der Waals surface area (Å²) in [6.07, 6.45) is 1.64. The van der Waals surface area contributed by atoms with Crippen LogP contribution in [0.5, 0.6) is 0 Å². The maximum absolute atomic E-state index is 13.3. The number of nitrogens with one attached hydrogen (secondary N) is 1. The van der Waals surface area contributed by atoms with Crippen molar-refractivity contribution in [2.75, 3.05) is 13.1 Å². The molecular weight excluding hydrogens is 443 g/mol. The lowest BCUT2D eigenvalue weighted by Crippen LogP contribution is -2.54. The molecular formula is C14H12BrFN8O2S.